The second kappa shape index (κ2) is 9.93. The molecule has 0 heterocycles. The zero-order chi connectivity index (χ0) is 31.3. The number of hydrogen-bond acceptors (Lipinski definition) is 0. The van der Waals surface area contributed by atoms with Gasteiger partial charge in [0.05, 0.1) is 0 Å². The fourth-order valence-corrected chi connectivity index (χ4v) is 12.8. The van der Waals surface area contributed by atoms with Gasteiger partial charge in [0, 0.05) is 21.7 Å². The molecule has 0 aliphatic heterocycles. The second-order valence-electron chi connectivity index (χ2n) is 16.1. The Morgan fingerprint density at radius 1 is 0.413 bits per heavy atom. The van der Waals surface area contributed by atoms with Crippen molar-refractivity contribution in [1.29, 1.82) is 0 Å². The van der Waals surface area contributed by atoms with Gasteiger partial charge in [0.25, 0.3) is 0 Å². The number of benzene rings is 4. The average Bonchev–Trinajstić information content (AvgIpc) is 3.77. The predicted octanol–water partition coefficient (Wildman–Crippen LogP) is 12.0. The normalized spacial score (nSPS) is 33.7. The van der Waals surface area contributed by atoms with Crippen LogP contribution in [0.25, 0.3) is 22.3 Å². The summed E-state index contributed by atoms with van der Waals surface area (Å²) in [7, 11) is 0. The van der Waals surface area contributed by atoms with E-state index in [9.17, 15) is 0 Å². The van der Waals surface area contributed by atoms with Crippen LogP contribution in [0.2, 0.25) is 0 Å². The van der Waals surface area contributed by atoms with Crippen LogP contribution in [0, 0.1) is 11.8 Å². The van der Waals surface area contributed by atoms with Crippen LogP contribution in [0.15, 0.2) is 120 Å². The van der Waals surface area contributed by atoms with Crippen molar-refractivity contribution in [3.05, 3.63) is 143 Å². The van der Waals surface area contributed by atoms with Crippen molar-refractivity contribution in [3.63, 3.8) is 0 Å². The van der Waals surface area contributed by atoms with E-state index in [1.54, 1.807) is 33.4 Å². The SMILES string of the molecule is CC1CC23CC(C)CC2(C1)c1ccccc1-c1ccccc13.CC=C1CC23CC(=CC)CC2(C1)c1ccccc1-c1ccccc13. The van der Waals surface area contributed by atoms with Gasteiger partial charge in [-0.05, 0) is 122 Å². The topological polar surface area (TPSA) is 0 Å². The molecule has 10 rings (SSSR count). The fraction of sp³-hybridized carbons (Fsp3) is 0.391. The van der Waals surface area contributed by atoms with Crippen LogP contribution in [0.4, 0.5) is 0 Å². The van der Waals surface area contributed by atoms with Crippen LogP contribution >= 0.6 is 0 Å². The molecule has 0 N–H and O–H groups in total. The van der Waals surface area contributed by atoms with E-state index >= 15 is 0 Å². The van der Waals surface area contributed by atoms with Crippen molar-refractivity contribution in [2.24, 2.45) is 11.8 Å². The molecule has 0 nitrogen and oxygen atoms in total. The summed E-state index contributed by atoms with van der Waals surface area (Å²) in [6, 6.07) is 37.0. The van der Waals surface area contributed by atoms with E-state index in [0.717, 1.165) is 11.8 Å². The highest BCUT2D eigenvalue weighted by atomic mass is 14.7. The second-order valence-corrected chi connectivity index (χ2v) is 16.1. The summed E-state index contributed by atoms with van der Waals surface area (Å²) in [6.07, 6.45) is 15.2. The Balaban J connectivity index is 0.000000127. The van der Waals surface area contributed by atoms with Crippen LogP contribution in [-0.2, 0) is 21.7 Å². The first kappa shape index (κ1) is 28.6. The molecular weight excluding hydrogens is 553 g/mol. The molecular formula is C46H48. The Kier molecular flexibility index (Phi) is 6.17. The Hall–Kier alpha value is -3.64. The third-order valence-electron chi connectivity index (χ3n) is 13.9. The van der Waals surface area contributed by atoms with E-state index < -0.39 is 0 Å². The van der Waals surface area contributed by atoms with Gasteiger partial charge in [-0.1, -0.05) is 134 Å². The largest absolute Gasteiger partial charge is 0.0884 e. The summed E-state index contributed by atoms with van der Waals surface area (Å²) >= 11 is 0. The van der Waals surface area contributed by atoms with Crippen molar-refractivity contribution in [2.45, 2.75) is 101 Å². The molecule has 0 spiro atoms. The molecule has 0 atom stereocenters. The predicted molar refractivity (Wildman–Crippen MR) is 193 cm³/mol. The lowest BCUT2D eigenvalue weighted by Crippen LogP contribution is -2.43. The molecule has 4 fully saturated rings. The van der Waals surface area contributed by atoms with Crippen LogP contribution < -0.4 is 0 Å². The van der Waals surface area contributed by atoms with Gasteiger partial charge in [-0.3, -0.25) is 0 Å². The van der Waals surface area contributed by atoms with Crippen molar-refractivity contribution in [2.75, 3.05) is 0 Å². The molecule has 4 aromatic carbocycles. The maximum Gasteiger partial charge on any atom is 0.0136 e. The maximum absolute atomic E-state index is 2.48. The molecule has 0 saturated heterocycles. The highest BCUT2D eigenvalue weighted by Crippen LogP contribution is 2.72. The maximum atomic E-state index is 2.48. The summed E-state index contributed by atoms with van der Waals surface area (Å²) in [4.78, 5) is 0. The Morgan fingerprint density at radius 2 is 0.674 bits per heavy atom. The number of allylic oxidation sites excluding steroid dienone is 4. The average molecular weight is 601 g/mol. The molecule has 6 aliphatic rings. The first-order valence-corrected chi connectivity index (χ1v) is 18.1. The number of rotatable bonds is 0. The summed E-state index contributed by atoms with van der Waals surface area (Å²) in [5, 5.41) is 0. The van der Waals surface area contributed by atoms with Crippen LogP contribution in [0.3, 0.4) is 0 Å². The van der Waals surface area contributed by atoms with Gasteiger partial charge >= 0.3 is 0 Å². The quantitative estimate of drug-likeness (QED) is 0.176. The van der Waals surface area contributed by atoms with Gasteiger partial charge in [-0.2, -0.15) is 0 Å². The molecule has 232 valence electrons. The minimum Gasteiger partial charge on any atom is -0.0884 e. The van der Waals surface area contributed by atoms with Gasteiger partial charge in [0.1, 0.15) is 0 Å². The number of fused-ring (bicyclic) bond motifs is 6. The summed E-state index contributed by atoms with van der Waals surface area (Å²) in [5.41, 5.74) is 17.1. The molecule has 6 aliphatic carbocycles. The highest BCUT2D eigenvalue weighted by Gasteiger charge is 2.66. The third kappa shape index (κ3) is 3.46. The zero-order valence-corrected chi connectivity index (χ0v) is 28.2. The lowest BCUT2D eigenvalue weighted by molar-refractivity contribution is 0.299. The molecule has 0 unspecified atom stereocenters. The Morgan fingerprint density at radius 3 is 0.957 bits per heavy atom. The van der Waals surface area contributed by atoms with Crippen molar-refractivity contribution < 1.29 is 0 Å². The first-order valence-electron chi connectivity index (χ1n) is 18.1. The van der Waals surface area contributed by atoms with Crippen molar-refractivity contribution >= 4 is 0 Å². The Labute approximate surface area is 276 Å². The lowest BCUT2D eigenvalue weighted by atomic mass is 9.55. The molecule has 0 bridgehead atoms. The zero-order valence-electron chi connectivity index (χ0n) is 28.2. The van der Waals surface area contributed by atoms with Crippen molar-refractivity contribution in [3.8, 4) is 22.3 Å². The van der Waals surface area contributed by atoms with E-state index in [4.69, 9.17) is 0 Å². The van der Waals surface area contributed by atoms with Gasteiger partial charge in [-0.25, -0.2) is 0 Å². The van der Waals surface area contributed by atoms with Gasteiger partial charge in [0.2, 0.25) is 0 Å². The molecule has 4 aromatic rings. The first-order chi connectivity index (χ1) is 22.4. The fourth-order valence-electron chi connectivity index (χ4n) is 12.8. The number of hydrogen-bond donors (Lipinski definition) is 0. The molecule has 46 heavy (non-hydrogen) atoms. The minimum atomic E-state index is 0.266. The van der Waals surface area contributed by atoms with E-state index in [1.165, 1.54) is 73.6 Å². The molecule has 0 amide bonds. The summed E-state index contributed by atoms with van der Waals surface area (Å²) in [6.45, 7) is 9.40. The summed E-state index contributed by atoms with van der Waals surface area (Å²) in [5.74, 6) is 1.68. The van der Waals surface area contributed by atoms with Crippen molar-refractivity contribution in [1.82, 2.24) is 0 Å². The van der Waals surface area contributed by atoms with Gasteiger partial charge in [0.15, 0.2) is 0 Å². The van der Waals surface area contributed by atoms with Crippen LogP contribution in [0.5, 0.6) is 0 Å². The van der Waals surface area contributed by atoms with E-state index in [2.05, 4.69) is 137 Å². The van der Waals surface area contributed by atoms with Crippen LogP contribution in [0.1, 0.15) is 101 Å². The van der Waals surface area contributed by atoms with E-state index in [-0.39, 0.29) is 10.8 Å². The molecule has 0 heteroatoms. The Bertz CT molecular complexity index is 1760. The molecule has 0 aromatic heterocycles. The molecule has 4 saturated carbocycles. The monoisotopic (exact) mass is 600 g/mol. The van der Waals surface area contributed by atoms with Gasteiger partial charge < -0.3 is 0 Å². The lowest BCUT2D eigenvalue weighted by Gasteiger charge is -2.47. The minimum absolute atomic E-state index is 0.266. The highest BCUT2D eigenvalue weighted by molar-refractivity contribution is 5.81. The van der Waals surface area contributed by atoms with Gasteiger partial charge in [-0.15, -0.1) is 0 Å². The smallest absolute Gasteiger partial charge is 0.0136 e. The van der Waals surface area contributed by atoms with Crippen LogP contribution in [-0.4, -0.2) is 0 Å². The molecule has 0 radical (unpaired) electrons. The standard InChI is InChI=1S/C24H24.C22H24/c1-3-17-13-23-15-18(4-2)16-24(23,14-17)22-12-8-6-10-20(22)19-9-5-7-11-21(19)23;1-15-11-21-13-16(2)14-22(21,12-15)20-10-6-4-8-18(20)17-7-3-5-9-19(17)21/h3-12H,13-16H2,1-2H3;3-10,15-16H,11-14H2,1-2H3. The van der Waals surface area contributed by atoms with E-state index in [1.807, 2.05) is 0 Å². The summed E-state index contributed by atoms with van der Waals surface area (Å²) < 4.78 is 0. The third-order valence-corrected chi connectivity index (χ3v) is 13.9. The van der Waals surface area contributed by atoms with E-state index in [0.29, 0.717) is 10.8 Å².